The van der Waals surface area contributed by atoms with Gasteiger partial charge in [0.15, 0.2) is 0 Å². The molecule has 1 N–H and O–H groups in total. The fourth-order valence-electron chi connectivity index (χ4n) is 4.33. The number of amides is 1. The minimum atomic E-state index is -1.27. The van der Waals surface area contributed by atoms with Crippen LogP contribution in [0.4, 0.5) is 15.8 Å². The third-order valence-corrected chi connectivity index (χ3v) is 6.34. The van der Waals surface area contributed by atoms with Crippen LogP contribution in [0.2, 0.25) is 0 Å². The maximum Gasteiger partial charge on any atom is 0.335 e. The number of hydrogen-bond donors (Lipinski definition) is 1. The fraction of sp³-hybridized carbons (Fsp3) is 0.214. The van der Waals surface area contributed by atoms with Crippen LogP contribution in [0, 0.1) is 22.9 Å². The highest BCUT2D eigenvalue weighted by molar-refractivity contribution is 5.92. The third-order valence-electron chi connectivity index (χ3n) is 6.34. The average molecular weight is 504 g/mol. The molecular weight excluding hydrogens is 477 g/mol. The van der Waals surface area contributed by atoms with Crippen LogP contribution < -0.4 is 4.90 Å². The zero-order chi connectivity index (χ0) is 26.5. The topological polar surface area (TPSA) is 104 Å². The Balaban J connectivity index is 1.63. The lowest BCUT2D eigenvalue weighted by Crippen LogP contribution is -2.50. The SMILES string of the molecule is Cc1ccc(C[C@H]2C(=O)N(CCCc3ccc(F)cc3)C=CN2c2ccc(C(=O)O)cc2[N+](=O)[O-])cc1. The predicted octanol–water partition coefficient (Wildman–Crippen LogP) is 5.10. The number of benzene rings is 3. The van der Waals surface area contributed by atoms with Gasteiger partial charge in [0.05, 0.1) is 10.5 Å². The van der Waals surface area contributed by atoms with Gasteiger partial charge in [-0.05, 0) is 55.2 Å². The highest BCUT2D eigenvalue weighted by atomic mass is 19.1. The van der Waals surface area contributed by atoms with Gasteiger partial charge in [-0.15, -0.1) is 0 Å². The monoisotopic (exact) mass is 503 g/mol. The second kappa shape index (κ2) is 11.0. The molecule has 1 aliphatic rings. The Bertz CT molecular complexity index is 1340. The van der Waals surface area contributed by atoms with E-state index in [0.717, 1.165) is 22.8 Å². The van der Waals surface area contributed by atoms with Crippen molar-refractivity contribution < 1.29 is 24.0 Å². The lowest BCUT2D eigenvalue weighted by molar-refractivity contribution is -0.384. The van der Waals surface area contributed by atoms with Crippen molar-refractivity contribution in [1.82, 2.24) is 4.90 Å². The molecule has 1 aliphatic heterocycles. The second-order valence-electron chi connectivity index (χ2n) is 8.94. The first kappa shape index (κ1) is 25.6. The van der Waals surface area contributed by atoms with E-state index < -0.39 is 22.6 Å². The molecule has 0 aliphatic carbocycles. The van der Waals surface area contributed by atoms with Crippen LogP contribution in [-0.2, 0) is 17.6 Å². The number of rotatable bonds is 9. The van der Waals surface area contributed by atoms with Crippen LogP contribution in [-0.4, -0.2) is 39.4 Å². The molecule has 0 unspecified atom stereocenters. The molecule has 8 nitrogen and oxygen atoms in total. The van der Waals surface area contributed by atoms with Gasteiger partial charge in [0.2, 0.25) is 5.91 Å². The molecule has 0 aromatic heterocycles. The van der Waals surface area contributed by atoms with Crippen molar-refractivity contribution in [2.45, 2.75) is 32.2 Å². The van der Waals surface area contributed by atoms with Crippen LogP contribution in [0.1, 0.15) is 33.5 Å². The molecule has 1 heterocycles. The predicted molar refractivity (Wildman–Crippen MR) is 137 cm³/mol. The van der Waals surface area contributed by atoms with E-state index in [1.807, 2.05) is 31.2 Å². The summed E-state index contributed by atoms with van der Waals surface area (Å²) in [5.41, 5.74) is 2.46. The Morgan fingerprint density at radius 3 is 2.35 bits per heavy atom. The average Bonchev–Trinajstić information content (AvgIpc) is 2.88. The summed E-state index contributed by atoms with van der Waals surface area (Å²) >= 11 is 0. The number of carbonyl (C=O) groups is 2. The molecule has 4 rings (SSSR count). The normalized spacial score (nSPS) is 15.2. The summed E-state index contributed by atoms with van der Waals surface area (Å²) < 4.78 is 13.2. The number of carbonyl (C=O) groups excluding carboxylic acids is 1. The van der Waals surface area contributed by atoms with Crippen molar-refractivity contribution in [2.24, 2.45) is 0 Å². The molecule has 0 saturated heterocycles. The molecule has 190 valence electrons. The number of aryl methyl sites for hydroxylation is 2. The number of anilines is 1. The maximum absolute atomic E-state index is 13.6. The van der Waals surface area contributed by atoms with E-state index in [1.54, 1.807) is 34.3 Å². The highest BCUT2D eigenvalue weighted by Gasteiger charge is 2.35. The molecule has 0 spiro atoms. The quantitative estimate of drug-likeness (QED) is 0.322. The second-order valence-corrected chi connectivity index (χ2v) is 8.94. The molecule has 1 amide bonds. The molecule has 0 radical (unpaired) electrons. The number of carboxylic acids is 1. The standard InChI is InChI=1S/C28H26FN3O5/c1-19-4-6-21(7-5-19)17-26-27(33)30(14-2-3-20-8-11-23(29)12-9-20)15-16-31(26)24-13-10-22(28(34)35)18-25(24)32(36)37/h4-13,15-16,18,26H,2-3,14,17H2,1H3,(H,34,35)/t26-/m0/s1. The Morgan fingerprint density at radius 1 is 1.03 bits per heavy atom. The number of aromatic carboxylic acids is 1. The first-order valence-electron chi connectivity index (χ1n) is 11.8. The van der Waals surface area contributed by atoms with Crippen molar-refractivity contribution in [3.63, 3.8) is 0 Å². The third kappa shape index (κ3) is 6.00. The van der Waals surface area contributed by atoms with E-state index in [0.29, 0.717) is 25.8 Å². The molecular formula is C28H26FN3O5. The summed E-state index contributed by atoms with van der Waals surface area (Å²) in [6.45, 7) is 2.38. The van der Waals surface area contributed by atoms with Crippen molar-refractivity contribution in [2.75, 3.05) is 11.4 Å². The molecule has 1 atom stereocenters. The zero-order valence-electron chi connectivity index (χ0n) is 20.2. The summed E-state index contributed by atoms with van der Waals surface area (Å²) in [5, 5.41) is 21.1. The lowest BCUT2D eigenvalue weighted by Gasteiger charge is -2.37. The summed E-state index contributed by atoms with van der Waals surface area (Å²) in [7, 11) is 0. The summed E-state index contributed by atoms with van der Waals surface area (Å²) in [4.78, 5) is 39.3. The lowest BCUT2D eigenvalue weighted by atomic mass is 9.99. The first-order valence-corrected chi connectivity index (χ1v) is 11.8. The zero-order valence-corrected chi connectivity index (χ0v) is 20.2. The molecule has 9 heteroatoms. The number of halogens is 1. The Morgan fingerprint density at radius 2 is 1.70 bits per heavy atom. The van der Waals surface area contributed by atoms with Gasteiger partial charge in [-0.25, -0.2) is 9.18 Å². The minimum Gasteiger partial charge on any atom is -0.478 e. The Kier molecular flexibility index (Phi) is 7.62. The van der Waals surface area contributed by atoms with Gasteiger partial charge < -0.3 is 14.9 Å². The van der Waals surface area contributed by atoms with Crippen molar-refractivity contribution >= 4 is 23.3 Å². The fourth-order valence-corrected chi connectivity index (χ4v) is 4.33. The minimum absolute atomic E-state index is 0.141. The van der Waals surface area contributed by atoms with Gasteiger partial charge in [0, 0.05) is 31.4 Å². The van der Waals surface area contributed by atoms with Gasteiger partial charge in [-0.1, -0.05) is 42.0 Å². The number of nitro benzene ring substituents is 1. The van der Waals surface area contributed by atoms with E-state index in [1.165, 1.54) is 24.3 Å². The van der Waals surface area contributed by atoms with Crippen LogP contribution >= 0.6 is 0 Å². The van der Waals surface area contributed by atoms with Gasteiger partial charge in [0.1, 0.15) is 17.5 Å². The number of nitrogens with zero attached hydrogens (tertiary/aromatic N) is 3. The van der Waals surface area contributed by atoms with Gasteiger partial charge in [-0.2, -0.15) is 0 Å². The number of hydrogen-bond acceptors (Lipinski definition) is 5. The summed E-state index contributed by atoms with van der Waals surface area (Å²) in [6, 6.07) is 16.8. The number of carboxylic acid groups (broad SMARTS) is 1. The van der Waals surface area contributed by atoms with Crippen LogP contribution in [0.15, 0.2) is 79.1 Å². The van der Waals surface area contributed by atoms with E-state index in [2.05, 4.69) is 0 Å². The van der Waals surface area contributed by atoms with E-state index in [-0.39, 0.29) is 23.0 Å². The van der Waals surface area contributed by atoms with Crippen LogP contribution in [0.25, 0.3) is 0 Å². The van der Waals surface area contributed by atoms with E-state index in [9.17, 15) is 29.2 Å². The van der Waals surface area contributed by atoms with E-state index in [4.69, 9.17) is 0 Å². The van der Waals surface area contributed by atoms with Crippen LogP contribution in [0.5, 0.6) is 0 Å². The number of nitro groups is 1. The Hall–Kier alpha value is -4.53. The molecule has 0 saturated carbocycles. The molecule has 0 fully saturated rings. The van der Waals surface area contributed by atoms with Crippen molar-refractivity contribution in [3.05, 3.63) is 117 Å². The molecule has 3 aromatic rings. The largest absolute Gasteiger partial charge is 0.478 e. The summed E-state index contributed by atoms with van der Waals surface area (Å²) in [6.07, 6.45) is 4.82. The summed E-state index contributed by atoms with van der Waals surface area (Å²) in [5.74, 6) is -1.80. The van der Waals surface area contributed by atoms with Gasteiger partial charge in [-0.3, -0.25) is 14.9 Å². The smallest absolute Gasteiger partial charge is 0.335 e. The van der Waals surface area contributed by atoms with Gasteiger partial charge >= 0.3 is 5.97 Å². The van der Waals surface area contributed by atoms with Crippen molar-refractivity contribution in [1.29, 1.82) is 0 Å². The van der Waals surface area contributed by atoms with Gasteiger partial charge in [0.25, 0.3) is 5.69 Å². The highest BCUT2D eigenvalue weighted by Crippen LogP contribution is 2.34. The van der Waals surface area contributed by atoms with Crippen molar-refractivity contribution in [3.8, 4) is 0 Å². The maximum atomic E-state index is 13.6. The van der Waals surface area contributed by atoms with E-state index >= 15 is 0 Å². The molecule has 3 aromatic carbocycles. The first-order chi connectivity index (χ1) is 17.7. The van der Waals surface area contributed by atoms with Crippen LogP contribution in [0.3, 0.4) is 0 Å². The molecule has 37 heavy (non-hydrogen) atoms. The Labute approximate surface area is 213 Å². The molecule has 0 bridgehead atoms.